The molecular formula is C14H19FN2O3. The first kappa shape index (κ1) is 15.9. The second kappa shape index (κ2) is 6.36. The summed E-state index contributed by atoms with van der Waals surface area (Å²) in [5.74, 6) is -1.83. The first-order chi connectivity index (χ1) is 9.23. The number of rotatable bonds is 5. The highest BCUT2D eigenvalue weighted by Gasteiger charge is 2.19. The molecule has 5 nitrogen and oxygen atoms in total. The van der Waals surface area contributed by atoms with Crippen LogP contribution in [0.1, 0.15) is 37.6 Å². The number of nitrogens with two attached hydrogens (primary N) is 1. The zero-order valence-corrected chi connectivity index (χ0v) is 11.8. The third-order valence-corrected chi connectivity index (χ3v) is 2.85. The maximum atomic E-state index is 13.1. The molecule has 0 spiro atoms. The van der Waals surface area contributed by atoms with E-state index in [0.29, 0.717) is 0 Å². The first-order valence-corrected chi connectivity index (χ1v) is 6.27. The molecule has 0 aliphatic heterocycles. The van der Waals surface area contributed by atoms with Crippen LogP contribution >= 0.6 is 0 Å². The molecule has 1 aromatic carbocycles. The standard InChI is InChI=1S/C14H19FN2O3/c1-4-14(2,3)17-12(18)8-20-13(19)9-5-10(15)7-11(16)6-9/h5-7H,4,8,16H2,1-3H3,(H,17,18). The summed E-state index contributed by atoms with van der Waals surface area (Å²) in [6.07, 6.45) is 0.743. The number of ether oxygens (including phenoxy) is 1. The van der Waals surface area contributed by atoms with Gasteiger partial charge in [-0.2, -0.15) is 0 Å². The molecule has 0 aliphatic carbocycles. The maximum Gasteiger partial charge on any atom is 0.338 e. The molecule has 0 saturated carbocycles. The Morgan fingerprint density at radius 2 is 2.00 bits per heavy atom. The molecule has 0 saturated heterocycles. The number of carbonyl (C=O) groups is 2. The van der Waals surface area contributed by atoms with E-state index < -0.39 is 24.3 Å². The van der Waals surface area contributed by atoms with Crippen molar-refractivity contribution >= 4 is 17.6 Å². The van der Waals surface area contributed by atoms with Crippen LogP contribution in [0.25, 0.3) is 0 Å². The smallest absolute Gasteiger partial charge is 0.338 e. The third kappa shape index (κ3) is 4.87. The maximum absolute atomic E-state index is 13.1. The molecule has 1 aromatic rings. The zero-order valence-electron chi connectivity index (χ0n) is 11.8. The van der Waals surface area contributed by atoms with Crippen LogP contribution in [-0.4, -0.2) is 24.0 Å². The van der Waals surface area contributed by atoms with Crippen molar-refractivity contribution in [1.82, 2.24) is 5.32 Å². The van der Waals surface area contributed by atoms with Gasteiger partial charge in [0.1, 0.15) is 5.82 Å². The quantitative estimate of drug-likeness (QED) is 0.638. The largest absolute Gasteiger partial charge is 0.452 e. The van der Waals surface area contributed by atoms with Crippen LogP contribution in [0.2, 0.25) is 0 Å². The number of hydrogen-bond acceptors (Lipinski definition) is 4. The first-order valence-electron chi connectivity index (χ1n) is 6.27. The minimum absolute atomic E-state index is 0.0231. The molecule has 1 rings (SSSR count). The number of anilines is 1. The fraction of sp³-hybridized carbons (Fsp3) is 0.429. The van der Waals surface area contributed by atoms with E-state index in [-0.39, 0.29) is 16.8 Å². The van der Waals surface area contributed by atoms with Crippen molar-refractivity contribution in [2.24, 2.45) is 0 Å². The third-order valence-electron chi connectivity index (χ3n) is 2.85. The van der Waals surface area contributed by atoms with Crippen LogP contribution in [0.4, 0.5) is 10.1 Å². The van der Waals surface area contributed by atoms with Crippen LogP contribution in [0.5, 0.6) is 0 Å². The molecule has 0 unspecified atom stereocenters. The van der Waals surface area contributed by atoms with E-state index >= 15 is 0 Å². The molecule has 0 heterocycles. The van der Waals surface area contributed by atoms with Gasteiger partial charge in [-0.05, 0) is 38.5 Å². The fourth-order valence-electron chi connectivity index (χ4n) is 1.45. The number of carbonyl (C=O) groups excluding carboxylic acids is 2. The van der Waals surface area contributed by atoms with Crippen molar-refractivity contribution in [3.8, 4) is 0 Å². The fourth-order valence-corrected chi connectivity index (χ4v) is 1.45. The topological polar surface area (TPSA) is 81.4 Å². The van der Waals surface area contributed by atoms with Gasteiger partial charge in [0, 0.05) is 11.2 Å². The molecule has 0 radical (unpaired) electrons. The Balaban J connectivity index is 2.57. The summed E-state index contributed by atoms with van der Waals surface area (Å²) in [6.45, 7) is 5.24. The lowest BCUT2D eigenvalue weighted by Crippen LogP contribution is -2.44. The Bertz CT molecular complexity index is 495. The Kier molecular flexibility index (Phi) is 5.07. The molecule has 0 aromatic heterocycles. The summed E-state index contributed by atoms with van der Waals surface area (Å²) in [5, 5.41) is 2.72. The number of benzene rings is 1. The van der Waals surface area contributed by atoms with Gasteiger partial charge in [0.25, 0.3) is 5.91 Å². The molecule has 0 bridgehead atoms. The van der Waals surface area contributed by atoms with Gasteiger partial charge in [-0.3, -0.25) is 4.79 Å². The van der Waals surface area contributed by atoms with Crippen LogP contribution in [0, 0.1) is 5.82 Å². The van der Waals surface area contributed by atoms with E-state index in [1.54, 1.807) is 0 Å². The molecule has 3 N–H and O–H groups in total. The monoisotopic (exact) mass is 282 g/mol. The number of esters is 1. The lowest BCUT2D eigenvalue weighted by Gasteiger charge is -2.24. The molecular weight excluding hydrogens is 263 g/mol. The Morgan fingerprint density at radius 1 is 1.35 bits per heavy atom. The van der Waals surface area contributed by atoms with Crippen molar-refractivity contribution in [3.63, 3.8) is 0 Å². The molecule has 20 heavy (non-hydrogen) atoms. The highest BCUT2D eigenvalue weighted by Crippen LogP contribution is 2.12. The van der Waals surface area contributed by atoms with E-state index in [9.17, 15) is 14.0 Å². The Labute approximate surface area is 117 Å². The van der Waals surface area contributed by atoms with Gasteiger partial charge in [-0.25, -0.2) is 9.18 Å². The zero-order chi connectivity index (χ0) is 15.3. The van der Waals surface area contributed by atoms with Crippen LogP contribution in [-0.2, 0) is 9.53 Å². The molecule has 6 heteroatoms. The summed E-state index contributed by atoms with van der Waals surface area (Å²) in [4.78, 5) is 23.3. The van der Waals surface area contributed by atoms with E-state index in [2.05, 4.69) is 5.32 Å². The number of nitrogens with one attached hydrogen (secondary N) is 1. The number of nitrogen functional groups attached to an aromatic ring is 1. The van der Waals surface area contributed by atoms with Crippen molar-refractivity contribution < 1.29 is 18.7 Å². The van der Waals surface area contributed by atoms with Crippen LogP contribution in [0.15, 0.2) is 18.2 Å². The number of amides is 1. The van der Waals surface area contributed by atoms with Crippen molar-refractivity contribution in [2.45, 2.75) is 32.7 Å². The lowest BCUT2D eigenvalue weighted by atomic mass is 10.0. The minimum Gasteiger partial charge on any atom is -0.452 e. The molecule has 0 atom stereocenters. The average Bonchev–Trinajstić information content (AvgIpc) is 2.34. The molecule has 0 fully saturated rings. The highest BCUT2D eigenvalue weighted by atomic mass is 19.1. The van der Waals surface area contributed by atoms with Gasteiger partial charge in [0.15, 0.2) is 6.61 Å². The predicted molar refractivity (Wildman–Crippen MR) is 73.6 cm³/mol. The number of hydrogen-bond donors (Lipinski definition) is 2. The number of halogens is 1. The van der Waals surface area contributed by atoms with Crippen molar-refractivity contribution in [1.29, 1.82) is 0 Å². The van der Waals surface area contributed by atoms with Gasteiger partial charge in [-0.1, -0.05) is 6.92 Å². The highest BCUT2D eigenvalue weighted by molar-refractivity contribution is 5.92. The molecule has 0 aliphatic rings. The predicted octanol–water partition coefficient (Wildman–Crippen LogP) is 1.87. The van der Waals surface area contributed by atoms with Gasteiger partial charge >= 0.3 is 5.97 Å². The van der Waals surface area contributed by atoms with E-state index in [0.717, 1.165) is 18.6 Å². The summed E-state index contributed by atoms with van der Waals surface area (Å²) in [6, 6.07) is 3.39. The second-order valence-corrected chi connectivity index (χ2v) is 5.13. The Hall–Kier alpha value is -2.11. The normalized spacial score (nSPS) is 11.0. The van der Waals surface area contributed by atoms with Gasteiger partial charge in [0.2, 0.25) is 0 Å². The summed E-state index contributed by atoms with van der Waals surface area (Å²) < 4.78 is 17.9. The van der Waals surface area contributed by atoms with Crippen molar-refractivity contribution in [3.05, 3.63) is 29.6 Å². The average molecular weight is 282 g/mol. The van der Waals surface area contributed by atoms with E-state index in [4.69, 9.17) is 10.5 Å². The second-order valence-electron chi connectivity index (χ2n) is 5.13. The minimum atomic E-state index is -0.791. The van der Waals surface area contributed by atoms with Gasteiger partial charge in [-0.15, -0.1) is 0 Å². The van der Waals surface area contributed by atoms with Crippen LogP contribution in [0.3, 0.4) is 0 Å². The van der Waals surface area contributed by atoms with Crippen molar-refractivity contribution in [2.75, 3.05) is 12.3 Å². The van der Waals surface area contributed by atoms with Gasteiger partial charge < -0.3 is 15.8 Å². The Morgan fingerprint density at radius 3 is 2.55 bits per heavy atom. The molecule has 110 valence electrons. The van der Waals surface area contributed by atoms with E-state index in [1.807, 2.05) is 20.8 Å². The van der Waals surface area contributed by atoms with Crippen LogP contribution < -0.4 is 11.1 Å². The SMILES string of the molecule is CCC(C)(C)NC(=O)COC(=O)c1cc(N)cc(F)c1. The summed E-state index contributed by atoms with van der Waals surface area (Å²) >= 11 is 0. The molecule has 1 amide bonds. The summed E-state index contributed by atoms with van der Waals surface area (Å²) in [5.41, 5.74) is 5.16. The van der Waals surface area contributed by atoms with E-state index in [1.165, 1.54) is 6.07 Å². The summed E-state index contributed by atoms with van der Waals surface area (Å²) in [7, 11) is 0. The van der Waals surface area contributed by atoms with Gasteiger partial charge in [0.05, 0.1) is 5.56 Å². The lowest BCUT2D eigenvalue weighted by molar-refractivity contribution is -0.125.